The zero-order valence-corrected chi connectivity index (χ0v) is 9.92. The van der Waals surface area contributed by atoms with E-state index in [1.54, 1.807) is 0 Å². The van der Waals surface area contributed by atoms with E-state index in [-0.39, 0.29) is 12.0 Å². The molecule has 0 aliphatic heterocycles. The van der Waals surface area contributed by atoms with Gasteiger partial charge in [0.05, 0.1) is 5.92 Å². The first-order valence-electron chi connectivity index (χ1n) is 5.60. The molecule has 1 saturated carbocycles. The van der Waals surface area contributed by atoms with Crippen molar-refractivity contribution in [3.8, 4) is 0 Å². The third-order valence-corrected chi connectivity index (χ3v) is 1.82. The summed E-state index contributed by atoms with van der Waals surface area (Å²) in [6, 6.07) is 0.131. The van der Waals surface area contributed by atoms with E-state index in [4.69, 9.17) is 10.8 Å². The summed E-state index contributed by atoms with van der Waals surface area (Å²) >= 11 is 0. The highest BCUT2D eigenvalue weighted by Crippen LogP contribution is 2.23. The molecule has 2 unspecified atom stereocenters. The molecule has 0 radical (unpaired) electrons. The van der Waals surface area contributed by atoms with E-state index in [1.165, 1.54) is 6.42 Å². The van der Waals surface area contributed by atoms with Gasteiger partial charge in [-0.2, -0.15) is 0 Å². The van der Waals surface area contributed by atoms with E-state index >= 15 is 0 Å². The van der Waals surface area contributed by atoms with E-state index < -0.39 is 5.97 Å². The second-order valence-corrected chi connectivity index (χ2v) is 3.32. The molecule has 0 aromatic carbocycles. The Morgan fingerprint density at radius 1 is 1.36 bits per heavy atom. The van der Waals surface area contributed by atoms with Crippen LogP contribution in [-0.2, 0) is 4.79 Å². The quantitative estimate of drug-likeness (QED) is 0.688. The van der Waals surface area contributed by atoms with Crippen LogP contribution in [0.2, 0.25) is 0 Å². The summed E-state index contributed by atoms with van der Waals surface area (Å²) < 4.78 is 0. The molecule has 1 aliphatic carbocycles. The number of hydrogen-bond donors (Lipinski definition) is 2. The minimum absolute atomic E-state index is 0.131. The van der Waals surface area contributed by atoms with Gasteiger partial charge in [-0.1, -0.05) is 34.1 Å². The lowest BCUT2D eigenvalue weighted by Crippen LogP contribution is -2.17. The fraction of sp³-hybridized carbons (Fsp3) is 0.909. The maximum atomic E-state index is 10.3. The Kier molecular flexibility index (Phi) is 11.9. The van der Waals surface area contributed by atoms with Gasteiger partial charge < -0.3 is 10.8 Å². The van der Waals surface area contributed by atoms with Gasteiger partial charge in [0, 0.05) is 6.04 Å². The minimum Gasteiger partial charge on any atom is -0.481 e. The van der Waals surface area contributed by atoms with Crippen LogP contribution < -0.4 is 5.73 Å². The molecule has 0 heterocycles. The number of carboxylic acid groups (broad SMARTS) is 1. The number of hydrogen-bond acceptors (Lipinski definition) is 2. The highest BCUT2D eigenvalue weighted by molar-refractivity contribution is 5.70. The highest BCUT2D eigenvalue weighted by atomic mass is 16.4. The predicted molar refractivity (Wildman–Crippen MR) is 60.3 cm³/mol. The summed E-state index contributed by atoms with van der Waals surface area (Å²) in [5, 5.41) is 8.48. The van der Waals surface area contributed by atoms with Crippen LogP contribution in [0, 0.1) is 5.92 Å². The molecule has 3 N–H and O–H groups in total. The monoisotopic (exact) mass is 203 g/mol. The van der Waals surface area contributed by atoms with Crippen molar-refractivity contribution in [2.75, 3.05) is 0 Å². The van der Waals surface area contributed by atoms with Gasteiger partial charge in [0.15, 0.2) is 0 Å². The molecule has 3 heteroatoms. The number of aliphatic carboxylic acids is 1. The van der Waals surface area contributed by atoms with Gasteiger partial charge in [-0.3, -0.25) is 4.79 Å². The molecular formula is C11H25NO2. The first-order valence-corrected chi connectivity index (χ1v) is 5.60. The SMILES string of the molecule is CC.CCC.NC1CCC(C(=O)O)C1. The second kappa shape index (κ2) is 10.5. The van der Waals surface area contributed by atoms with Gasteiger partial charge >= 0.3 is 5.97 Å². The number of carboxylic acids is 1. The van der Waals surface area contributed by atoms with E-state index in [0.29, 0.717) is 6.42 Å². The fourth-order valence-corrected chi connectivity index (χ4v) is 1.24. The van der Waals surface area contributed by atoms with Gasteiger partial charge in [-0.05, 0) is 19.3 Å². The van der Waals surface area contributed by atoms with Crippen molar-refractivity contribution in [1.29, 1.82) is 0 Å². The third kappa shape index (κ3) is 8.05. The lowest BCUT2D eigenvalue weighted by molar-refractivity contribution is -0.141. The van der Waals surface area contributed by atoms with Crippen molar-refractivity contribution in [2.45, 2.75) is 59.4 Å². The largest absolute Gasteiger partial charge is 0.481 e. The maximum Gasteiger partial charge on any atom is 0.306 e. The summed E-state index contributed by atoms with van der Waals surface area (Å²) in [5.74, 6) is -0.858. The molecule has 1 fully saturated rings. The zero-order chi connectivity index (χ0) is 11.6. The van der Waals surface area contributed by atoms with E-state index in [2.05, 4.69) is 13.8 Å². The fourth-order valence-electron chi connectivity index (χ4n) is 1.24. The molecule has 1 rings (SSSR count). The lowest BCUT2D eigenvalue weighted by atomic mass is 10.1. The smallest absolute Gasteiger partial charge is 0.306 e. The highest BCUT2D eigenvalue weighted by Gasteiger charge is 2.26. The van der Waals surface area contributed by atoms with Crippen LogP contribution in [0.25, 0.3) is 0 Å². The standard InChI is InChI=1S/C6H11NO2.C3H8.C2H6/c7-5-2-1-4(3-5)6(8)9;1-3-2;1-2/h4-5H,1-3,7H2,(H,8,9);3H2,1-2H3;1-2H3. The molecule has 0 amide bonds. The average molecular weight is 203 g/mol. The Balaban J connectivity index is 0. The second-order valence-electron chi connectivity index (χ2n) is 3.32. The van der Waals surface area contributed by atoms with Crippen molar-refractivity contribution in [3.63, 3.8) is 0 Å². The van der Waals surface area contributed by atoms with E-state index in [1.807, 2.05) is 13.8 Å². The van der Waals surface area contributed by atoms with E-state index in [9.17, 15) is 4.79 Å². The van der Waals surface area contributed by atoms with Crippen molar-refractivity contribution in [2.24, 2.45) is 11.7 Å². The third-order valence-electron chi connectivity index (χ3n) is 1.82. The molecule has 1 aliphatic rings. The number of carbonyl (C=O) groups is 1. The van der Waals surface area contributed by atoms with Crippen LogP contribution in [0.5, 0.6) is 0 Å². The van der Waals surface area contributed by atoms with Crippen LogP contribution in [0.3, 0.4) is 0 Å². The first kappa shape index (κ1) is 15.9. The van der Waals surface area contributed by atoms with Gasteiger partial charge in [0.1, 0.15) is 0 Å². The maximum absolute atomic E-state index is 10.3. The van der Waals surface area contributed by atoms with Crippen molar-refractivity contribution in [3.05, 3.63) is 0 Å². The summed E-state index contributed by atoms with van der Waals surface area (Å²) in [4.78, 5) is 10.3. The molecule has 0 saturated heterocycles. The average Bonchev–Trinajstić information content (AvgIpc) is 2.57. The summed E-state index contributed by atoms with van der Waals surface area (Å²) in [5.41, 5.74) is 5.50. The molecule has 2 atom stereocenters. The topological polar surface area (TPSA) is 63.3 Å². The van der Waals surface area contributed by atoms with Gasteiger partial charge in [0.25, 0.3) is 0 Å². The number of nitrogens with two attached hydrogens (primary N) is 1. The Hall–Kier alpha value is -0.570. The Labute approximate surface area is 87.7 Å². The summed E-state index contributed by atoms with van der Waals surface area (Å²) in [7, 11) is 0. The summed E-state index contributed by atoms with van der Waals surface area (Å²) in [6.07, 6.45) is 3.54. The Morgan fingerprint density at radius 2 is 1.79 bits per heavy atom. The van der Waals surface area contributed by atoms with Gasteiger partial charge in [-0.15, -0.1) is 0 Å². The van der Waals surface area contributed by atoms with Crippen LogP contribution in [0.4, 0.5) is 0 Å². The summed E-state index contributed by atoms with van der Waals surface area (Å²) in [6.45, 7) is 8.25. The van der Waals surface area contributed by atoms with Crippen molar-refractivity contribution in [1.82, 2.24) is 0 Å². The van der Waals surface area contributed by atoms with E-state index in [0.717, 1.165) is 12.8 Å². The molecule has 0 aromatic heterocycles. The Morgan fingerprint density at radius 3 is 1.93 bits per heavy atom. The normalized spacial score (nSPS) is 24.1. The molecule has 0 spiro atoms. The van der Waals surface area contributed by atoms with Crippen LogP contribution in [0.1, 0.15) is 53.4 Å². The predicted octanol–water partition coefficient (Wildman–Crippen LogP) is 2.64. The molecule has 0 bridgehead atoms. The van der Waals surface area contributed by atoms with Crippen LogP contribution >= 0.6 is 0 Å². The van der Waals surface area contributed by atoms with Crippen LogP contribution in [0.15, 0.2) is 0 Å². The van der Waals surface area contributed by atoms with Crippen molar-refractivity contribution < 1.29 is 9.90 Å². The molecule has 14 heavy (non-hydrogen) atoms. The number of rotatable bonds is 1. The zero-order valence-electron chi connectivity index (χ0n) is 9.92. The molecular weight excluding hydrogens is 178 g/mol. The first-order chi connectivity index (χ1) is 6.61. The van der Waals surface area contributed by atoms with Gasteiger partial charge in [-0.25, -0.2) is 0 Å². The molecule has 0 aromatic rings. The Bertz CT molecular complexity index is 137. The molecule has 3 nitrogen and oxygen atoms in total. The van der Waals surface area contributed by atoms with Crippen LogP contribution in [-0.4, -0.2) is 17.1 Å². The van der Waals surface area contributed by atoms with Crippen molar-refractivity contribution >= 4 is 5.97 Å². The molecule has 86 valence electrons. The lowest BCUT2D eigenvalue weighted by Gasteiger charge is -1.99. The van der Waals surface area contributed by atoms with Gasteiger partial charge in [0.2, 0.25) is 0 Å². The minimum atomic E-state index is -0.692.